The van der Waals surface area contributed by atoms with Gasteiger partial charge in [-0.1, -0.05) is 12.1 Å². The number of rotatable bonds is 4. The zero-order chi connectivity index (χ0) is 15.6. The molecule has 6 heteroatoms. The number of para-hydroxylation sites is 1. The Kier molecular flexibility index (Phi) is 3.89. The first kappa shape index (κ1) is 14.5. The Bertz CT molecular complexity index is 704. The minimum atomic E-state index is -1.37. The van der Waals surface area contributed by atoms with Crippen molar-refractivity contribution in [3.8, 4) is 11.5 Å². The van der Waals surface area contributed by atoms with E-state index in [0.717, 1.165) is 11.1 Å². The van der Waals surface area contributed by atoms with Gasteiger partial charge in [0, 0.05) is 0 Å². The largest absolute Gasteiger partial charge is 0.477 e. The molecule has 0 aliphatic carbocycles. The van der Waals surface area contributed by atoms with Gasteiger partial charge in [0.25, 0.3) is 0 Å². The van der Waals surface area contributed by atoms with E-state index in [4.69, 9.17) is 9.84 Å². The molecule has 0 saturated carbocycles. The van der Waals surface area contributed by atoms with Gasteiger partial charge in [0.1, 0.15) is 11.3 Å². The lowest BCUT2D eigenvalue weighted by molar-refractivity contribution is -0.386. The third-order valence-electron chi connectivity index (χ3n) is 2.83. The molecule has 0 aromatic heterocycles. The molecule has 2 rings (SSSR count). The van der Waals surface area contributed by atoms with E-state index in [0.29, 0.717) is 5.75 Å². The number of carboxylic acids is 1. The van der Waals surface area contributed by atoms with E-state index >= 15 is 0 Å². The third kappa shape index (κ3) is 3.17. The SMILES string of the molecule is Cc1cc(C)cc(Oc2cccc(C(=O)O)c2[N+](=O)[O-])c1. The number of hydrogen-bond donors (Lipinski definition) is 1. The van der Waals surface area contributed by atoms with Crippen LogP contribution in [0.1, 0.15) is 21.5 Å². The monoisotopic (exact) mass is 287 g/mol. The molecule has 0 saturated heterocycles. The molecule has 0 radical (unpaired) electrons. The quantitative estimate of drug-likeness (QED) is 0.684. The molecule has 0 unspecified atom stereocenters. The average molecular weight is 287 g/mol. The molecular formula is C15H13NO5. The number of aromatic carboxylic acids is 1. The molecule has 0 amide bonds. The van der Waals surface area contributed by atoms with Crippen LogP contribution >= 0.6 is 0 Å². The summed E-state index contributed by atoms with van der Waals surface area (Å²) in [7, 11) is 0. The lowest BCUT2D eigenvalue weighted by atomic mass is 10.1. The van der Waals surface area contributed by atoms with Crippen molar-refractivity contribution in [1.82, 2.24) is 0 Å². The van der Waals surface area contributed by atoms with Crippen molar-refractivity contribution in [1.29, 1.82) is 0 Å². The first-order valence-corrected chi connectivity index (χ1v) is 6.15. The topological polar surface area (TPSA) is 89.7 Å². The van der Waals surface area contributed by atoms with Gasteiger partial charge in [0.15, 0.2) is 0 Å². The third-order valence-corrected chi connectivity index (χ3v) is 2.83. The van der Waals surface area contributed by atoms with Crippen molar-refractivity contribution in [2.45, 2.75) is 13.8 Å². The highest BCUT2D eigenvalue weighted by Gasteiger charge is 2.25. The van der Waals surface area contributed by atoms with Crippen molar-refractivity contribution in [2.75, 3.05) is 0 Å². The normalized spacial score (nSPS) is 10.2. The molecule has 0 aliphatic rings. The van der Waals surface area contributed by atoms with Crippen LogP contribution in [0.25, 0.3) is 0 Å². The highest BCUT2D eigenvalue weighted by Crippen LogP contribution is 2.34. The van der Waals surface area contributed by atoms with Crippen molar-refractivity contribution >= 4 is 11.7 Å². The van der Waals surface area contributed by atoms with Crippen LogP contribution in [0.15, 0.2) is 36.4 Å². The summed E-state index contributed by atoms with van der Waals surface area (Å²) in [4.78, 5) is 21.5. The molecule has 0 fully saturated rings. The second kappa shape index (κ2) is 5.62. The standard InChI is InChI=1S/C15H13NO5/c1-9-6-10(2)8-11(7-9)21-13-5-3-4-12(15(17)18)14(13)16(19)20/h3-8H,1-2H3,(H,17,18). The van der Waals surface area contributed by atoms with Crippen LogP contribution in [0.3, 0.4) is 0 Å². The highest BCUT2D eigenvalue weighted by atomic mass is 16.6. The zero-order valence-corrected chi connectivity index (χ0v) is 11.5. The van der Waals surface area contributed by atoms with Crippen LogP contribution in [0, 0.1) is 24.0 Å². The van der Waals surface area contributed by atoms with Gasteiger partial charge in [0.05, 0.1) is 4.92 Å². The minimum Gasteiger partial charge on any atom is -0.477 e. The predicted octanol–water partition coefficient (Wildman–Crippen LogP) is 3.70. The number of hydrogen-bond acceptors (Lipinski definition) is 4. The Morgan fingerprint density at radius 2 is 1.81 bits per heavy atom. The van der Waals surface area contributed by atoms with E-state index in [2.05, 4.69) is 0 Å². The van der Waals surface area contributed by atoms with E-state index < -0.39 is 22.1 Å². The number of carbonyl (C=O) groups is 1. The van der Waals surface area contributed by atoms with Gasteiger partial charge in [-0.25, -0.2) is 4.79 Å². The van der Waals surface area contributed by atoms with Gasteiger partial charge < -0.3 is 9.84 Å². The molecule has 1 N–H and O–H groups in total. The molecule has 2 aromatic rings. The molecule has 2 aromatic carbocycles. The maximum Gasteiger partial charge on any atom is 0.342 e. The number of carboxylic acid groups (broad SMARTS) is 1. The van der Waals surface area contributed by atoms with Crippen LogP contribution in [0.4, 0.5) is 5.69 Å². The highest BCUT2D eigenvalue weighted by molar-refractivity contribution is 5.93. The second-order valence-electron chi connectivity index (χ2n) is 4.64. The molecule has 0 spiro atoms. The molecule has 21 heavy (non-hydrogen) atoms. The van der Waals surface area contributed by atoms with E-state index in [1.165, 1.54) is 18.2 Å². The summed E-state index contributed by atoms with van der Waals surface area (Å²) in [6.45, 7) is 3.75. The summed E-state index contributed by atoms with van der Waals surface area (Å²) >= 11 is 0. The number of nitro benzene ring substituents is 1. The lowest BCUT2D eigenvalue weighted by Gasteiger charge is -2.09. The fraction of sp³-hybridized carbons (Fsp3) is 0.133. The Morgan fingerprint density at radius 1 is 1.19 bits per heavy atom. The van der Waals surface area contributed by atoms with Crippen molar-refractivity contribution in [3.63, 3.8) is 0 Å². The predicted molar refractivity (Wildman–Crippen MR) is 76.0 cm³/mol. The van der Waals surface area contributed by atoms with Gasteiger partial charge in [-0.3, -0.25) is 10.1 Å². The summed E-state index contributed by atoms with van der Waals surface area (Å²) in [6.07, 6.45) is 0. The second-order valence-corrected chi connectivity index (χ2v) is 4.64. The number of aryl methyl sites for hydroxylation is 2. The zero-order valence-electron chi connectivity index (χ0n) is 11.5. The number of nitrogens with zero attached hydrogens (tertiary/aromatic N) is 1. The van der Waals surface area contributed by atoms with Crippen molar-refractivity contribution in [2.24, 2.45) is 0 Å². The Balaban J connectivity index is 2.51. The van der Waals surface area contributed by atoms with Gasteiger partial charge in [0.2, 0.25) is 5.75 Å². The summed E-state index contributed by atoms with van der Waals surface area (Å²) in [6, 6.07) is 9.36. The van der Waals surface area contributed by atoms with E-state index in [-0.39, 0.29) is 5.75 Å². The van der Waals surface area contributed by atoms with E-state index in [1.54, 1.807) is 12.1 Å². The minimum absolute atomic E-state index is 0.0927. The molecule has 0 bridgehead atoms. The Labute approximate surface area is 120 Å². The molecule has 0 atom stereocenters. The van der Waals surface area contributed by atoms with E-state index in [1.807, 2.05) is 19.9 Å². The van der Waals surface area contributed by atoms with Crippen molar-refractivity contribution < 1.29 is 19.6 Å². The molecule has 108 valence electrons. The van der Waals surface area contributed by atoms with Gasteiger partial charge in [-0.15, -0.1) is 0 Å². The number of nitro groups is 1. The fourth-order valence-electron chi connectivity index (χ4n) is 2.08. The molecular weight excluding hydrogens is 274 g/mol. The van der Waals surface area contributed by atoms with Crippen LogP contribution in [-0.2, 0) is 0 Å². The molecule has 0 heterocycles. The number of ether oxygens (including phenoxy) is 1. The first-order chi connectivity index (χ1) is 9.88. The summed E-state index contributed by atoms with van der Waals surface area (Å²) in [5.74, 6) is -1.03. The lowest BCUT2D eigenvalue weighted by Crippen LogP contribution is -2.04. The smallest absolute Gasteiger partial charge is 0.342 e. The molecule has 0 aliphatic heterocycles. The van der Waals surface area contributed by atoms with Crippen LogP contribution in [-0.4, -0.2) is 16.0 Å². The summed E-state index contributed by atoms with van der Waals surface area (Å²) < 4.78 is 5.52. The first-order valence-electron chi connectivity index (χ1n) is 6.15. The Hall–Kier alpha value is -2.89. The van der Waals surface area contributed by atoms with Crippen LogP contribution in [0.2, 0.25) is 0 Å². The van der Waals surface area contributed by atoms with Gasteiger partial charge in [-0.2, -0.15) is 0 Å². The van der Waals surface area contributed by atoms with Crippen LogP contribution in [0.5, 0.6) is 11.5 Å². The summed E-state index contributed by atoms with van der Waals surface area (Å²) in [5.41, 5.74) is 0.940. The maximum absolute atomic E-state index is 11.1. The van der Waals surface area contributed by atoms with Gasteiger partial charge >= 0.3 is 11.7 Å². The summed E-state index contributed by atoms with van der Waals surface area (Å²) in [5, 5.41) is 20.2. The van der Waals surface area contributed by atoms with Crippen LogP contribution < -0.4 is 4.74 Å². The van der Waals surface area contributed by atoms with Crippen molar-refractivity contribution in [3.05, 3.63) is 63.2 Å². The fourth-order valence-corrected chi connectivity index (χ4v) is 2.08. The molecule has 6 nitrogen and oxygen atoms in total. The van der Waals surface area contributed by atoms with Gasteiger partial charge in [-0.05, 0) is 49.2 Å². The number of benzene rings is 2. The maximum atomic E-state index is 11.1. The van der Waals surface area contributed by atoms with E-state index in [9.17, 15) is 14.9 Å². The average Bonchev–Trinajstić information content (AvgIpc) is 2.36. The Morgan fingerprint density at radius 3 is 2.33 bits per heavy atom.